The minimum atomic E-state index is -0.907. The SMILES string of the molecule is O=Cc1c(OC(=O)OCc2ccccc2)nc2ccc(I)cn12. The zero-order valence-corrected chi connectivity index (χ0v) is 14.0. The smallest absolute Gasteiger partial charge is 0.429 e. The van der Waals surface area contributed by atoms with Crippen molar-refractivity contribution in [3.8, 4) is 5.88 Å². The van der Waals surface area contributed by atoms with Gasteiger partial charge < -0.3 is 9.47 Å². The van der Waals surface area contributed by atoms with Crippen LogP contribution in [-0.2, 0) is 11.3 Å². The molecule has 116 valence electrons. The van der Waals surface area contributed by atoms with E-state index in [1.54, 1.807) is 16.7 Å². The summed E-state index contributed by atoms with van der Waals surface area (Å²) in [7, 11) is 0. The Labute approximate surface area is 145 Å². The maximum Gasteiger partial charge on any atom is 0.515 e. The Balaban J connectivity index is 1.75. The van der Waals surface area contributed by atoms with Crippen molar-refractivity contribution in [1.82, 2.24) is 9.38 Å². The summed E-state index contributed by atoms with van der Waals surface area (Å²) in [6.45, 7) is 0.0847. The summed E-state index contributed by atoms with van der Waals surface area (Å²) in [4.78, 5) is 27.2. The molecule has 0 unspecified atom stereocenters. The Morgan fingerprint density at radius 1 is 1.22 bits per heavy atom. The zero-order valence-electron chi connectivity index (χ0n) is 11.8. The van der Waals surface area contributed by atoms with Crippen molar-refractivity contribution in [1.29, 1.82) is 0 Å². The third-order valence-electron chi connectivity index (χ3n) is 3.08. The summed E-state index contributed by atoms with van der Waals surface area (Å²) in [5, 5.41) is 0. The van der Waals surface area contributed by atoms with Gasteiger partial charge in [-0.25, -0.2) is 4.79 Å². The monoisotopic (exact) mass is 422 g/mol. The molecule has 2 aromatic heterocycles. The Hall–Kier alpha value is -2.42. The number of nitrogens with zero attached hydrogens (tertiary/aromatic N) is 2. The van der Waals surface area contributed by atoms with Gasteiger partial charge >= 0.3 is 6.16 Å². The van der Waals surface area contributed by atoms with E-state index in [0.717, 1.165) is 9.13 Å². The van der Waals surface area contributed by atoms with E-state index in [1.165, 1.54) is 0 Å². The quantitative estimate of drug-likeness (QED) is 0.366. The highest BCUT2D eigenvalue weighted by atomic mass is 127. The third kappa shape index (κ3) is 3.50. The molecule has 23 heavy (non-hydrogen) atoms. The average Bonchev–Trinajstić information content (AvgIpc) is 2.90. The standard InChI is InChI=1S/C16H11IN2O4/c17-12-6-7-14-18-15(13(9-20)19(14)8-12)23-16(21)22-10-11-4-2-1-3-5-11/h1-9H,10H2. The van der Waals surface area contributed by atoms with Crippen LogP contribution >= 0.6 is 22.6 Å². The molecule has 0 aliphatic carbocycles. The fourth-order valence-electron chi connectivity index (χ4n) is 2.02. The van der Waals surface area contributed by atoms with Crippen LogP contribution in [0.15, 0.2) is 48.7 Å². The van der Waals surface area contributed by atoms with Gasteiger partial charge in [0, 0.05) is 9.77 Å². The predicted molar refractivity (Wildman–Crippen MR) is 90.6 cm³/mol. The number of rotatable bonds is 4. The van der Waals surface area contributed by atoms with Gasteiger partial charge in [0.05, 0.1) is 0 Å². The molecule has 0 saturated carbocycles. The highest BCUT2D eigenvalue weighted by Gasteiger charge is 2.17. The molecule has 0 fully saturated rings. The third-order valence-corrected chi connectivity index (χ3v) is 3.71. The van der Waals surface area contributed by atoms with Gasteiger partial charge in [-0.2, -0.15) is 4.98 Å². The average molecular weight is 422 g/mol. The van der Waals surface area contributed by atoms with Gasteiger partial charge in [0.15, 0.2) is 12.0 Å². The Kier molecular flexibility index (Phi) is 4.56. The number of fused-ring (bicyclic) bond motifs is 1. The number of ether oxygens (including phenoxy) is 2. The van der Waals surface area contributed by atoms with Gasteiger partial charge in [0.25, 0.3) is 5.88 Å². The summed E-state index contributed by atoms with van der Waals surface area (Å²) in [6, 6.07) is 12.8. The lowest BCUT2D eigenvalue weighted by molar-refractivity contribution is 0.0908. The first kappa shape index (κ1) is 15.5. The number of hydrogen-bond acceptors (Lipinski definition) is 5. The molecule has 0 radical (unpaired) electrons. The molecule has 2 heterocycles. The number of carbonyl (C=O) groups excluding carboxylic acids is 2. The highest BCUT2D eigenvalue weighted by molar-refractivity contribution is 14.1. The molecule has 0 aliphatic rings. The van der Waals surface area contributed by atoms with Crippen LogP contribution in [-0.4, -0.2) is 21.8 Å². The number of pyridine rings is 1. The van der Waals surface area contributed by atoms with Crippen LogP contribution in [0, 0.1) is 3.57 Å². The van der Waals surface area contributed by atoms with Crippen molar-refractivity contribution in [3.63, 3.8) is 0 Å². The first-order valence-corrected chi connectivity index (χ1v) is 7.76. The van der Waals surface area contributed by atoms with Crippen molar-refractivity contribution < 1.29 is 19.1 Å². The van der Waals surface area contributed by atoms with E-state index >= 15 is 0 Å². The largest absolute Gasteiger partial charge is 0.515 e. The van der Waals surface area contributed by atoms with Gasteiger partial charge in [-0.05, 0) is 40.3 Å². The van der Waals surface area contributed by atoms with Crippen molar-refractivity contribution in [3.05, 3.63) is 63.5 Å². The van der Waals surface area contributed by atoms with Crippen LogP contribution in [0.4, 0.5) is 4.79 Å². The van der Waals surface area contributed by atoms with Crippen LogP contribution < -0.4 is 4.74 Å². The van der Waals surface area contributed by atoms with Gasteiger partial charge in [-0.15, -0.1) is 0 Å². The van der Waals surface area contributed by atoms with Gasteiger partial charge in [0.2, 0.25) is 0 Å². The number of benzene rings is 1. The molecule has 0 atom stereocenters. The lowest BCUT2D eigenvalue weighted by atomic mass is 10.2. The highest BCUT2D eigenvalue weighted by Crippen LogP contribution is 2.20. The van der Waals surface area contributed by atoms with Crippen LogP contribution in [0.1, 0.15) is 16.1 Å². The molecule has 3 rings (SSSR count). The second kappa shape index (κ2) is 6.78. The maximum atomic E-state index is 11.8. The zero-order chi connectivity index (χ0) is 16.2. The van der Waals surface area contributed by atoms with Crippen LogP contribution in [0.25, 0.3) is 5.65 Å². The number of imidazole rings is 1. The normalized spacial score (nSPS) is 10.5. The van der Waals surface area contributed by atoms with E-state index in [4.69, 9.17) is 9.47 Å². The molecule has 3 aromatic rings. The van der Waals surface area contributed by atoms with E-state index in [2.05, 4.69) is 27.6 Å². The van der Waals surface area contributed by atoms with Gasteiger partial charge in [-0.3, -0.25) is 9.20 Å². The topological polar surface area (TPSA) is 69.9 Å². The molecule has 0 aliphatic heterocycles. The van der Waals surface area contributed by atoms with Crippen LogP contribution in [0.3, 0.4) is 0 Å². The van der Waals surface area contributed by atoms with E-state index in [-0.39, 0.29) is 18.2 Å². The molecule has 0 amide bonds. The van der Waals surface area contributed by atoms with Crippen molar-refractivity contribution in [2.45, 2.75) is 6.61 Å². The number of halogens is 1. The predicted octanol–water partition coefficient (Wildman–Crippen LogP) is 3.47. The Morgan fingerprint density at radius 2 is 2.00 bits per heavy atom. The van der Waals surface area contributed by atoms with E-state index in [1.807, 2.05) is 36.4 Å². The molecule has 0 N–H and O–H groups in total. The summed E-state index contributed by atoms with van der Waals surface area (Å²) in [5.41, 5.74) is 1.51. The number of hydrogen-bond donors (Lipinski definition) is 0. The van der Waals surface area contributed by atoms with Gasteiger partial charge in [-0.1, -0.05) is 30.3 Å². The van der Waals surface area contributed by atoms with Crippen molar-refractivity contribution >= 4 is 40.7 Å². The fourth-order valence-corrected chi connectivity index (χ4v) is 2.48. The molecule has 1 aromatic carbocycles. The van der Waals surface area contributed by atoms with Crippen molar-refractivity contribution in [2.24, 2.45) is 0 Å². The summed E-state index contributed by atoms with van der Waals surface area (Å²) in [5.74, 6) is -0.0694. The number of aldehydes is 1. The fraction of sp³-hybridized carbons (Fsp3) is 0.0625. The van der Waals surface area contributed by atoms with Crippen molar-refractivity contribution in [2.75, 3.05) is 0 Å². The lowest BCUT2D eigenvalue weighted by Crippen LogP contribution is -2.11. The van der Waals surface area contributed by atoms with E-state index < -0.39 is 6.16 Å². The molecule has 0 saturated heterocycles. The lowest BCUT2D eigenvalue weighted by Gasteiger charge is -2.04. The van der Waals surface area contributed by atoms with E-state index in [0.29, 0.717) is 11.9 Å². The first-order valence-electron chi connectivity index (χ1n) is 6.68. The Morgan fingerprint density at radius 3 is 2.74 bits per heavy atom. The number of carbonyl (C=O) groups is 2. The minimum Gasteiger partial charge on any atom is -0.429 e. The molecule has 0 bridgehead atoms. The first-order chi connectivity index (χ1) is 11.2. The minimum absolute atomic E-state index is 0.0694. The molecule has 7 heteroatoms. The molecular weight excluding hydrogens is 411 g/mol. The summed E-state index contributed by atoms with van der Waals surface area (Å²) >= 11 is 2.12. The van der Waals surface area contributed by atoms with Crippen LogP contribution in [0.5, 0.6) is 5.88 Å². The molecule has 6 nitrogen and oxygen atoms in total. The molecular formula is C16H11IN2O4. The maximum absolute atomic E-state index is 11.8. The Bertz CT molecular complexity index is 861. The summed E-state index contributed by atoms with van der Waals surface area (Å²) in [6.07, 6.45) is 1.42. The van der Waals surface area contributed by atoms with Crippen LogP contribution in [0.2, 0.25) is 0 Å². The summed E-state index contributed by atoms with van der Waals surface area (Å²) < 4.78 is 12.6. The molecule has 0 spiro atoms. The second-order valence-corrected chi connectivity index (χ2v) is 5.87. The second-order valence-electron chi connectivity index (χ2n) is 4.62. The van der Waals surface area contributed by atoms with Gasteiger partial charge in [0.1, 0.15) is 12.3 Å². The number of aromatic nitrogens is 2. The van der Waals surface area contributed by atoms with E-state index in [9.17, 15) is 9.59 Å².